The SMILES string of the molecule is CC[C@H](NC(=O)COC(=O)c1cc(C)ccc1O)c1ccc(C)cc1. The first-order chi connectivity index (χ1) is 11.9. The Morgan fingerprint density at radius 1 is 1.08 bits per heavy atom. The zero-order chi connectivity index (χ0) is 18.4. The van der Waals surface area contributed by atoms with Gasteiger partial charge in [-0.25, -0.2) is 4.79 Å². The van der Waals surface area contributed by atoms with E-state index in [0.717, 1.165) is 23.1 Å². The minimum absolute atomic E-state index is 0.0541. The standard InChI is InChI=1S/C20H23NO4/c1-4-17(15-8-5-13(2)6-9-15)21-19(23)12-25-20(24)16-11-14(3)7-10-18(16)22/h5-11,17,22H,4,12H2,1-3H3,(H,21,23)/t17-/m0/s1. The van der Waals surface area contributed by atoms with Crippen LogP contribution < -0.4 is 5.32 Å². The Hall–Kier alpha value is -2.82. The van der Waals surface area contributed by atoms with Crippen LogP contribution >= 0.6 is 0 Å². The van der Waals surface area contributed by atoms with E-state index in [1.807, 2.05) is 38.1 Å². The van der Waals surface area contributed by atoms with Crippen LogP contribution in [0.3, 0.4) is 0 Å². The van der Waals surface area contributed by atoms with Crippen LogP contribution in [0.5, 0.6) is 5.75 Å². The van der Waals surface area contributed by atoms with Gasteiger partial charge in [-0.15, -0.1) is 0 Å². The lowest BCUT2D eigenvalue weighted by Gasteiger charge is -2.17. The number of carbonyl (C=O) groups excluding carboxylic acids is 2. The summed E-state index contributed by atoms with van der Waals surface area (Å²) >= 11 is 0. The monoisotopic (exact) mass is 341 g/mol. The number of aryl methyl sites for hydroxylation is 2. The molecule has 0 spiro atoms. The van der Waals surface area contributed by atoms with Gasteiger partial charge in [-0.2, -0.15) is 0 Å². The van der Waals surface area contributed by atoms with E-state index in [1.54, 1.807) is 13.0 Å². The van der Waals surface area contributed by atoms with Crippen LogP contribution in [-0.4, -0.2) is 23.6 Å². The molecule has 0 fully saturated rings. The Balaban J connectivity index is 1.94. The van der Waals surface area contributed by atoms with Crippen molar-refractivity contribution in [1.82, 2.24) is 5.32 Å². The van der Waals surface area contributed by atoms with Crippen molar-refractivity contribution in [2.24, 2.45) is 0 Å². The number of phenolic OH excluding ortho intramolecular Hbond substituents is 1. The smallest absolute Gasteiger partial charge is 0.342 e. The average Bonchev–Trinajstić information content (AvgIpc) is 2.60. The van der Waals surface area contributed by atoms with Gasteiger partial charge in [-0.1, -0.05) is 48.4 Å². The van der Waals surface area contributed by atoms with Gasteiger partial charge in [0, 0.05) is 0 Å². The van der Waals surface area contributed by atoms with Gasteiger partial charge in [-0.05, 0) is 38.0 Å². The van der Waals surface area contributed by atoms with Crippen molar-refractivity contribution in [1.29, 1.82) is 0 Å². The first-order valence-electron chi connectivity index (χ1n) is 8.23. The second-order valence-electron chi connectivity index (χ2n) is 6.04. The maximum Gasteiger partial charge on any atom is 0.342 e. The number of hydrogen-bond acceptors (Lipinski definition) is 4. The quantitative estimate of drug-likeness (QED) is 0.789. The summed E-state index contributed by atoms with van der Waals surface area (Å²) in [6, 6.07) is 12.4. The first-order valence-corrected chi connectivity index (χ1v) is 8.23. The molecule has 0 bridgehead atoms. The lowest BCUT2D eigenvalue weighted by molar-refractivity contribution is -0.125. The molecular formula is C20H23NO4. The van der Waals surface area contributed by atoms with E-state index < -0.39 is 12.6 Å². The van der Waals surface area contributed by atoms with Gasteiger partial charge in [0.05, 0.1) is 6.04 Å². The van der Waals surface area contributed by atoms with Gasteiger partial charge in [0.1, 0.15) is 11.3 Å². The van der Waals surface area contributed by atoms with Gasteiger partial charge in [0.25, 0.3) is 5.91 Å². The third-order valence-corrected chi connectivity index (χ3v) is 3.93. The summed E-state index contributed by atoms with van der Waals surface area (Å²) in [6.45, 7) is 5.38. The van der Waals surface area contributed by atoms with Crippen LogP contribution in [0.4, 0.5) is 0 Å². The summed E-state index contributed by atoms with van der Waals surface area (Å²) in [4.78, 5) is 24.1. The predicted octanol–water partition coefficient (Wildman–Crippen LogP) is 3.43. The van der Waals surface area contributed by atoms with E-state index in [9.17, 15) is 14.7 Å². The molecule has 2 aromatic rings. The predicted molar refractivity (Wildman–Crippen MR) is 95.5 cm³/mol. The van der Waals surface area contributed by atoms with Crippen LogP contribution in [0.15, 0.2) is 42.5 Å². The van der Waals surface area contributed by atoms with Crippen LogP contribution in [0.1, 0.15) is 46.4 Å². The molecule has 0 aliphatic heterocycles. The summed E-state index contributed by atoms with van der Waals surface area (Å²) in [7, 11) is 0. The Bertz CT molecular complexity index is 753. The molecule has 2 rings (SSSR count). The average molecular weight is 341 g/mol. The van der Waals surface area contributed by atoms with Crippen LogP contribution in [0.2, 0.25) is 0 Å². The summed E-state index contributed by atoms with van der Waals surface area (Å²) in [5.74, 6) is -1.27. The topological polar surface area (TPSA) is 75.6 Å². The molecule has 5 heteroatoms. The number of esters is 1. The Labute approximate surface area is 147 Å². The van der Waals surface area contributed by atoms with E-state index in [2.05, 4.69) is 5.32 Å². The number of nitrogens with one attached hydrogen (secondary N) is 1. The van der Waals surface area contributed by atoms with E-state index in [0.29, 0.717) is 0 Å². The highest BCUT2D eigenvalue weighted by Gasteiger charge is 2.17. The molecule has 0 saturated heterocycles. The molecule has 132 valence electrons. The van der Waals surface area contributed by atoms with Gasteiger partial charge in [0.2, 0.25) is 0 Å². The Morgan fingerprint density at radius 3 is 2.36 bits per heavy atom. The molecule has 0 aliphatic rings. The zero-order valence-corrected chi connectivity index (χ0v) is 14.7. The molecule has 5 nitrogen and oxygen atoms in total. The Morgan fingerprint density at radius 2 is 1.72 bits per heavy atom. The number of phenols is 1. The summed E-state index contributed by atoms with van der Waals surface area (Å²) < 4.78 is 5.02. The molecule has 0 heterocycles. The summed E-state index contributed by atoms with van der Waals surface area (Å²) in [5.41, 5.74) is 3.03. The van der Waals surface area contributed by atoms with Crippen molar-refractivity contribution in [3.05, 3.63) is 64.7 Å². The number of aromatic hydroxyl groups is 1. The molecule has 0 unspecified atom stereocenters. The molecule has 2 N–H and O–H groups in total. The highest BCUT2D eigenvalue weighted by molar-refractivity contribution is 5.94. The molecule has 1 atom stereocenters. The van der Waals surface area contributed by atoms with Gasteiger partial charge in [-0.3, -0.25) is 4.79 Å². The molecular weight excluding hydrogens is 318 g/mol. The van der Waals surface area contributed by atoms with Crippen molar-refractivity contribution in [3.63, 3.8) is 0 Å². The van der Waals surface area contributed by atoms with Crippen LogP contribution in [-0.2, 0) is 9.53 Å². The molecule has 25 heavy (non-hydrogen) atoms. The number of benzene rings is 2. The Kier molecular flexibility index (Phi) is 6.17. The fraction of sp³-hybridized carbons (Fsp3) is 0.300. The second-order valence-corrected chi connectivity index (χ2v) is 6.04. The van der Waals surface area contributed by atoms with Gasteiger partial charge >= 0.3 is 5.97 Å². The lowest BCUT2D eigenvalue weighted by atomic mass is 10.0. The van der Waals surface area contributed by atoms with Crippen LogP contribution in [0.25, 0.3) is 0 Å². The number of amides is 1. The summed E-state index contributed by atoms with van der Waals surface area (Å²) in [5, 5.41) is 12.6. The van der Waals surface area contributed by atoms with Crippen molar-refractivity contribution in [3.8, 4) is 5.75 Å². The molecule has 0 aliphatic carbocycles. The van der Waals surface area contributed by atoms with Crippen molar-refractivity contribution >= 4 is 11.9 Å². The van der Waals surface area contributed by atoms with Gasteiger partial charge in [0.15, 0.2) is 6.61 Å². The minimum Gasteiger partial charge on any atom is -0.507 e. The zero-order valence-electron chi connectivity index (χ0n) is 14.7. The van der Waals surface area contributed by atoms with E-state index in [1.165, 1.54) is 12.1 Å². The fourth-order valence-corrected chi connectivity index (χ4v) is 2.48. The third-order valence-electron chi connectivity index (χ3n) is 3.93. The van der Waals surface area contributed by atoms with E-state index >= 15 is 0 Å². The fourth-order valence-electron chi connectivity index (χ4n) is 2.48. The number of rotatable bonds is 6. The molecule has 0 saturated carbocycles. The summed E-state index contributed by atoms with van der Waals surface area (Å²) in [6.07, 6.45) is 0.724. The minimum atomic E-state index is -0.722. The maximum absolute atomic E-state index is 12.1. The molecule has 0 aromatic heterocycles. The largest absolute Gasteiger partial charge is 0.507 e. The van der Waals surface area contributed by atoms with Gasteiger partial charge < -0.3 is 15.2 Å². The second kappa shape index (κ2) is 8.33. The first kappa shape index (κ1) is 18.5. The number of carbonyl (C=O) groups is 2. The van der Waals surface area contributed by atoms with Crippen molar-refractivity contribution < 1.29 is 19.4 Å². The van der Waals surface area contributed by atoms with Crippen molar-refractivity contribution in [2.45, 2.75) is 33.2 Å². The normalized spacial score (nSPS) is 11.6. The molecule has 2 aromatic carbocycles. The molecule has 1 amide bonds. The highest BCUT2D eigenvalue weighted by atomic mass is 16.5. The van der Waals surface area contributed by atoms with E-state index in [-0.39, 0.29) is 23.3 Å². The maximum atomic E-state index is 12.1. The van der Waals surface area contributed by atoms with Crippen LogP contribution in [0, 0.1) is 13.8 Å². The lowest BCUT2D eigenvalue weighted by Crippen LogP contribution is -2.32. The highest BCUT2D eigenvalue weighted by Crippen LogP contribution is 2.19. The number of hydrogen-bond donors (Lipinski definition) is 2. The molecule has 0 radical (unpaired) electrons. The third kappa shape index (κ3) is 5.08. The van der Waals surface area contributed by atoms with Crippen molar-refractivity contribution in [2.75, 3.05) is 6.61 Å². The number of ether oxygens (including phenoxy) is 1. The van der Waals surface area contributed by atoms with E-state index in [4.69, 9.17) is 4.74 Å².